The number of benzene rings is 1. The predicted octanol–water partition coefficient (Wildman–Crippen LogP) is 1.93. The number of piperidine rings is 1. The second-order valence-electron chi connectivity index (χ2n) is 7.34. The molecular formula is C20H22N6O. The Kier molecular flexibility index (Phi) is 3.82. The number of para-hydroxylation sites is 1. The molecule has 1 saturated heterocycles. The van der Waals surface area contributed by atoms with Gasteiger partial charge in [-0.05, 0) is 18.9 Å². The molecule has 0 aliphatic carbocycles. The van der Waals surface area contributed by atoms with Crippen molar-refractivity contribution in [1.82, 2.24) is 20.3 Å². The molecule has 0 bridgehead atoms. The van der Waals surface area contributed by atoms with Crippen LogP contribution in [0.25, 0.3) is 22.3 Å². The molecule has 4 N–H and O–H groups in total. The highest BCUT2D eigenvalue weighted by molar-refractivity contribution is 5.94. The lowest BCUT2D eigenvalue weighted by Crippen LogP contribution is -2.42. The van der Waals surface area contributed by atoms with Crippen molar-refractivity contribution >= 4 is 22.6 Å². The summed E-state index contributed by atoms with van der Waals surface area (Å²) >= 11 is 0. The molecule has 2 aliphatic heterocycles. The third-order valence-corrected chi connectivity index (χ3v) is 5.62. The number of nitrogens with zero attached hydrogens (tertiary/aromatic N) is 3. The zero-order chi connectivity index (χ0) is 18.4. The standard InChI is InChI=1S/C20H22N6O/c21-18(27)12-4-3-7-26(11-12)20-15-8-22-10-17(15)24-19(25-20)14-9-23-16-6-2-1-5-13(14)16/h1-2,5-6,9,12,22-23H,3-4,7-8,10-11H2,(H2,21,27). The fourth-order valence-electron chi connectivity index (χ4n) is 4.19. The second-order valence-corrected chi connectivity index (χ2v) is 7.34. The number of primary amides is 1. The molecule has 7 heteroatoms. The Labute approximate surface area is 157 Å². The van der Waals surface area contributed by atoms with E-state index >= 15 is 0 Å². The molecule has 1 unspecified atom stereocenters. The molecule has 0 saturated carbocycles. The Morgan fingerprint density at radius 1 is 1.22 bits per heavy atom. The topological polar surface area (TPSA) is 99.9 Å². The van der Waals surface area contributed by atoms with E-state index in [9.17, 15) is 4.79 Å². The van der Waals surface area contributed by atoms with Crippen molar-refractivity contribution < 1.29 is 4.79 Å². The maximum absolute atomic E-state index is 11.7. The van der Waals surface area contributed by atoms with E-state index in [1.807, 2.05) is 18.3 Å². The van der Waals surface area contributed by atoms with Gasteiger partial charge in [-0.2, -0.15) is 0 Å². The number of H-pyrrole nitrogens is 1. The van der Waals surface area contributed by atoms with Crippen LogP contribution in [0.2, 0.25) is 0 Å². The molecule has 27 heavy (non-hydrogen) atoms. The van der Waals surface area contributed by atoms with E-state index in [-0.39, 0.29) is 11.8 Å². The summed E-state index contributed by atoms with van der Waals surface area (Å²) in [6.45, 7) is 3.02. The smallest absolute Gasteiger partial charge is 0.222 e. The normalized spacial score (nSPS) is 19.4. The van der Waals surface area contributed by atoms with Gasteiger partial charge in [0.05, 0.1) is 11.6 Å². The molecule has 2 aliphatic rings. The van der Waals surface area contributed by atoms with Crippen LogP contribution < -0.4 is 16.0 Å². The minimum absolute atomic E-state index is 0.115. The summed E-state index contributed by atoms with van der Waals surface area (Å²) in [6, 6.07) is 8.17. The number of nitrogens with one attached hydrogen (secondary N) is 2. The van der Waals surface area contributed by atoms with Gasteiger partial charge in [0.25, 0.3) is 0 Å². The van der Waals surface area contributed by atoms with Crippen molar-refractivity contribution in [3.05, 3.63) is 41.7 Å². The zero-order valence-electron chi connectivity index (χ0n) is 15.0. The summed E-state index contributed by atoms with van der Waals surface area (Å²) < 4.78 is 0. The minimum Gasteiger partial charge on any atom is -0.369 e. The lowest BCUT2D eigenvalue weighted by molar-refractivity contribution is -0.122. The molecule has 1 amide bonds. The highest BCUT2D eigenvalue weighted by Crippen LogP contribution is 2.33. The summed E-state index contributed by atoms with van der Waals surface area (Å²) in [5.41, 5.74) is 9.84. The molecule has 1 atom stereocenters. The molecule has 0 radical (unpaired) electrons. The first-order valence-electron chi connectivity index (χ1n) is 9.42. The van der Waals surface area contributed by atoms with Crippen molar-refractivity contribution in [2.75, 3.05) is 18.0 Å². The van der Waals surface area contributed by atoms with Crippen LogP contribution in [0, 0.1) is 5.92 Å². The Hall–Kier alpha value is -2.93. The van der Waals surface area contributed by atoms with E-state index in [2.05, 4.69) is 27.3 Å². The minimum atomic E-state index is -0.222. The number of carbonyl (C=O) groups excluding carboxylic acids is 1. The van der Waals surface area contributed by atoms with Crippen molar-refractivity contribution in [2.24, 2.45) is 11.7 Å². The van der Waals surface area contributed by atoms with Gasteiger partial charge < -0.3 is 20.9 Å². The molecule has 3 aromatic rings. The summed E-state index contributed by atoms with van der Waals surface area (Å²) in [5, 5.41) is 4.50. The van der Waals surface area contributed by atoms with Crippen LogP contribution in [0.5, 0.6) is 0 Å². The quantitative estimate of drug-likeness (QED) is 0.661. The van der Waals surface area contributed by atoms with E-state index in [1.165, 1.54) is 0 Å². The summed E-state index contributed by atoms with van der Waals surface area (Å²) in [6.07, 6.45) is 3.77. The van der Waals surface area contributed by atoms with Gasteiger partial charge in [0.15, 0.2) is 5.82 Å². The van der Waals surface area contributed by atoms with E-state index in [4.69, 9.17) is 15.7 Å². The molecule has 4 heterocycles. The molecular weight excluding hydrogens is 340 g/mol. The zero-order valence-corrected chi connectivity index (χ0v) is 15.0. The average molecular weight is 362 g/mol. The van der Waals surface area contributed by atoms with Crippen LogP contribution in [0.4, 0.5) is 5.82 Å². The maximum atomic E-state index is 11.7. The SMILES string of the molecule is NC(=O)C1CCCN(c2nc(-c3c[nH]c4ccccc34)nc3c2CNC3)C1. The third-order valence-electron chi connectivity index (χ3n) is 5.62. The highest BCUT2D eigenvalue weighted by atomic mass is 16.1. The maximum Gasteiger partial charge on any atom is 0.222 e. The number of hydrogen-bond donors (Lipinski definition) is 3. The van der Waals surface area contributed by atoms with Crippen LogP contribution in [-0.2, 0) is 17.9 Å². The fraction of sp³-hybridized carbons (Fsp3) is 0.350. The van der Waals surface area contributed by atoms with Crippen molar-refractivity contribution in [1.29, 1.82) is 0 Å². The summed E-state index contributed by atoms with van der Waals surface area (Å²) in [7, 11) is 0. The second kappa shape index (κ2) is 6.35. The molecule has 1 fully saturated rings. The van der Waals surface area contributed by atoms with Gasteiger partial charge in [-0.25, -0.2) is 9.97 Å². The molecule has 5 rings (SSSR count). The van der Waals surface area contributed by atoms with Gasteiger partial charge in [-0.3, -0.25) is 4.79 Å². The van der Waals surface area contributed by atoms with Gasteiger partial charge in [0.2, 0.25) is 5.91 Å². The number of hydrogen-bond acceptors (Lipinski definition) is 5. The van der Waals surface area contributed by atoms with Crippen LogP contribution in [0.1, 0.15) is 24.1 Å². The number of carbonyl (C=O) groups is 1. The predicted molar refractivity (Wildman–Crippen MR) is 104 cm³/mol. The number of amides is 1. The number of aromatic nitrogens is 3. The fourth-order valence-corrected chi connectivity index (χ4v) is 4.19. The van der Waals surface area contributed by atoms with Crippen LogP contribution in [0.3, 0.4) is 0 Å². The van der Waals surface area contributed by atoms with Crippen molar-refractivity contribution in [3.63, 3.8) is 0 Å². The number of aromatic amines is 1. The number of nitrogens with two attached hydrogens (primary N) is 1. The first kappa shape index (κ1) is 16.3. The first-order valence-corrected chi connectivity index (χ1v) is 9.42. The van der Waals surface area contributed by atoms with Gasteiger partial charge >= 0.3 is 0 Å². The lowest BCUT2D eigenvalue weighted by Gasteiger charge is -2.33. The largest absolute Gasteiger partial charge is 0.369 e. The Morgan fingerprint density at radius 3 is 3.00 bits per heavy atom. The Morgan fingerprint density at radius 2 is 2.11 bits per heavy atom. The third kappa shape index (κ3) is 2.75. The van der Waals surface area contributed by atoms with E-state index in [1.54, 1.807) is 0 Å². The molecule has 1 aromatic carbocycles. The number of rotatable bonds is 3. The Bertz CT molecular complexity index is 1030. The summed E-state index contributed by atoms with van der Waals surface area (Å²) in [4.78, 5) is 27.0. The highest BCUT2D eigenvalue weighted by Gasteiger charge is 2.29. The van der Waals surface area contributed by atoms with Gasteiger partial charge in [0, 0.05) is 54.4 Å². The molecule has 2 aromatic heterocycles. The van der Waals surface area contributed by atoms with Gasteiger partial charge in [-0.15, -0.1) is 0 Å². The van der Waals surface area contributed by atoms with Gasteiger partial charge in [-0.1, -0.05) is 18.2 Å². The Balaban J connectivity index is 1.61. The first-order chi connectivity index (χ1) is 13.2. The summed E-state index contributed by atoms with van der Waals surface area (Å²) in [5.74, 6) is 1.33. The van der Waals surface area contributed by atoms with Crippen LogP contribution in [-0.4, -0.2) is 33.9 Å². The van der Waals surface area contributed by atoms with Crippen molar-refractivity contribution in [2.45, 2.75) is 25.9 Å². The molecule has 7 nitrogen and oxygen atoms in total. The van der Waals surface area contributed by atoms with Gasteiger partial charge in [0.1, 0.15) is 5.82 Å². The van der Waals surface area contributed by atoms with Crippen molar-refractivity contribution in [3.8, 4) is 11.4 Å². The van der Waals surface area contributed by atoms with Crippen LogP contribution >= 0.6 is 0 Å². The van der Waals surface area contributed by atoms with E-state index in [0.29, 0.717) is 6.54 Å². The number of fused-ring (bicyclic) bond motifs is 2. The van der Waals surface area contributed by atoms with E-state index in [0.717, 1.165) is 71.8 Å². The molecule has 0 spiro atoms. The van der Waals surface area contributed by atoms with Crippen LogP contribution in [0.15, 0.2) is 30.5 Å². The molecule has 138 valence electrons. The lowest BCUT2D eigenvalue weighted by atomic mass is 9.97. The monoisotopic (exact) mass is 362 g/mol. The van der Waals surface area contributed by atoms with E-state index < -0.39 is 0 Å². The number of anilines is 1. The average Bonchev–Trinajstić information content (AvgIpc) is 3.34.